The van der Waals surface area contributed by atoms with Crippen molar-refractivity contribution in [3.05, 3.63) is 35.9 Å². The minimum absolute atomic E-state index is 0.110. The third-order valence-electron chi connectivity index (χ3n) is 4.96. The lowest BCUT2D eigenvalue weighted by molar-refractivity contribution is -0.132. The van der Waals surface area contributed by atoms with Crippen LogP contribution >= 0.6 is 0 Å². The Morgan fingerprint density at radius 2 is 2.09 bits per heavy atom. The highest BCUT2D eigenvalue weighted by atomic mass is 16.2. The van der Waals surface area contributed by atoms with Crippen molar-refractivity contribution >= 4 is 11.8 Å². The molecular formula is C18H25N3O2. The summed E-state index contributed by atoms with van der Waals surface area (Å²) in [5.41, 5.74) is 0.897. The molecule has 0 unspecified atom stereocenters. The summed E-state index contributed by atoms with van der Waals surface area (Å²) in [5, 5.41) is 3.23. The van der Waals surface area contributed by atoms with Crippen molar-refractivity contribution in [2.45, 2.75) is 30.7 Å². The maximum atomic E-state index is 12.5. The molecule has 23 heavy (non-hydrogen) atoms. The number of likely N-dealkylation sites (tertiary alicyclic amines) is 1. The molecule has 0 saturated carbocycles. The number of piperidine rings is 1. The number of rotatable bonds is 3. The standard InChI is InChI=1S/C18H25N3O2/c1-20(2)12-17(23)21-11-15(14-7-4-3-5-8-14)18(13-21)10-6-9-16(22)19-18/h3-5,7-8,15H,6,9-13H2,1-2H3,(H,19,22)/t15-,18+/m0/s1. The van der Waals surface area contributed by atoms with Crippen molar-refractivity contribution in [3.63, 3.8) is 0 Å². The average molecular weight is 315 g/mol. The highest BCUT2D eigenvalue weighted by molar-refractivity contribution is 5.81. The molecule has 124 valence electrons. The van der Waals surface area contributed by atoms with Gasteiger partial charge in [0.25, 0.3) is 0 Å². The Morgan fingerprint density at radius 3 is 2.74 bits per heavy atom. The topological polar surface area (TPSA) is 52.7 Å². The van der Waals surface area contributed by atoms with E-state index in [2.05, 4.69) is 17.4 Å². The zero-order valence-electron chi connectivity index (χ0n) is 13.9. The minimum Gasteiger partial charge on any atom is -0.348 e. The first-order valence-corrected chi connectivity index (χ1v) is 8.29. The lowest BCUT2D eigenvalue weighted by Crippen LogP contribution is -2.56. The van der Waals surface area contributed by atoms with Crippen molar-refractivity contribution in [1.82, 2.24) is 15.1 Å². The number of hydrogen-bond donors (Lipinski definition) is 1. The smallest absolute Gasteiger partial charge is 0.236 e. The van der Waals surface area contributed by atoms with Crippen LogP contribution in [0, 0.1) is 0 Å². The molecule has 2 amide bonds. The van der Waals surface area contributed by atoms with Gasteiger partial charge < -0.3 is 15.1 Å². The van der Waals surface area contributed by atoms with Gasteiger partial charge in [-0.25, -0.2) is 0 Å². The van der Waals surface area contributed by atoms with Gasteiger partial charge in [0.15, 0.2) is 0 Å². The fraction of sp³-hybridized carbons (Fsp3) is 0.556. The van der Waals surface area contributed by atoms with Crippen LogP contribution in [-0.4, -0.2) is 60.9 Å². The molecule has 5 heteroatoms. The maximum absolute atomic E-state index is 12.5. The van der Waals surface area contributed by atoms with E-state index in [-0.39, 0.29) is 23.3 Å². The van der Waals surface area contributed by atoms with Gasteiger partial charge in [-0.3, -0.25) is 9.59 Å². The first-order chi connectivity index (χ1) is 11.0. The fourth-order valence-corrected chi connectivity index (χ4v) is 3.93. The van der Waals surface area contributed by atoms with Crippen LogP contribution in [-0.2, 0) is 9.59 Å². The zero-order chi connectivity index (χ0) is 16.4. The quantitative estimate of drug-likeness (QED) is 0.912. The van der Waals surface area contributed by atoms with E-state index < -0.39 is 0 Å². The molecule has 0 bridgehead atoms. The number of likely N-dealkylation sites (N-methyl/N-ethyl adjacent to an activating group) is 1. The van der Waals surface area contributed by atoms with Gasteiger partial charge in [-0.15, -0.1) is 0 Å². The molecule has 2 aliphatic heterocycles. The van der Waals surface area contributed by atoms with E-state index in [9.17, 15) is 9.59 Å². The fourth-order valence-electron chi connectivity index (χ4n) is 3.93. The largest absolute Gasteiger partial charge is 0.348 e. The lowest BCUT2D eigenvalue weighted by Gasteiger charge is -2.39. The number of nitrogens with zero attached hydrogens (tertiary/aromatic N) is 2. The third-order valence-corrected chi connectivity index (χ3v) is 4.96. The second-order valence-corrected chi connectivity index (χ2v) is 7.03. The number of amides is 2. The minimum atomic E-state index is -0.307. The summed E-state index contributed by atoms with van der Waals surface area (Å²) in [7, 11) is 3.81. The molecule has 5 nitrogen and oxygen atoms in total. The van der Waals surface area contributed by atoms with Gasteiger partial charge in [-0.1, -0.05) is 30.3 Å². The molecule has 1 aromatic rings. The molecule has 1 spiro atoms. The van der Waals surface area contributed by atoms with Gasteiger partial charge in [0.1, 0.15) is 0 Å². The first-order valence-electron chi connectivity index (χ1n) is 8.29. The van der Waals surface area contributed by atoms with E-state index in [0.717, 1.165) is 12.8 Å². The molecule has 1 N–H and O–H groups in total. The van der Waals surface area contributed by atoms with E-state index >= 15 is 0 Å². The highest BCUT2D eigenvalue weighted by Gasteiger charge is 2.50. The molecule has 2 saturated heterocycles. The van der Waals surface area contributed by atoms with Crippen LogP contribution in [0.5, 0.6) is 0 Å². The lowest BCUT2D eigenvalue weighted by atomic mass is 9.76. The predicted molar refractivity (Wildman–Crippen MR) is 89.0 cm³/mol. The maximum Gasteiger partial charge on any atom is 0.236 e. The van der Waals surface area contributed by atoms with E-state index in [4.69, 9.17) is 0 Å². The van der Waals surface area contributed by atoms with Gasteiger partial charge >= 0.3 is 0 Å². The molecule has 2 fully saturated rings. The van der Waals surface area contributed by atoms with Gasteiger partial charge in [0, 0.05) is 25.4 Å². The molecule has 2 aliphatic rings. The monoisotopic (exact) mass is 315 g/mol. The Balaban J connectivity index is 1.88. The van der Waals surface area contributed by atoms with E-state index in [0.29, 0.717) is 26.1 Å². The van der Waals surface area contributed by atoms with E-state index in [1.54, 1.807) is 0 Å². The molecule has 0 radical (unpaired) electrons. The third kappa shape index (κ3) is 3.24. The summed E-state index contributed by atoms with van der Waals surface area (Å²) >= 11 is 0. The van der Waals surface area contributed by atoms with Gasteiger partial charge in [0.05, 0.1) is 12.1 Å². The molecular weight excluding hydrogens is 290 g/mol. The molecule has 2 atom stereocenters. The van der Waals surface area contributed by atoms with Crippen LogP contribution in [0.2, 0.25) is 0 Å². The SMILES string of the molecule is CN(C)CC(=O)N1C[C@@H](c2ccccc2)[C@@]2(CCCC(=O)N2)C1. The van der Waals surface area contributed by atoms with E-state index in [1.165, 1.54) is 5.56 Å². The van der Waals surface area contributed by atoms with Crippen LogP contribution < -0.4 is 5.32 Å². The summed E-state index contributed by atoms with van der Waals surface area (Å²) < 4.78 is 0. The first kappa shape index (κ1) is 16.0. The summed E-state index contributed by atoms with van der Waals surface area (Å²) in [6.07, 6.45) is 2.42. The summed E-state index contributed by atoms with van der Waals surface area (Å²) in [6.45, 7) is 1.70. The van der Waals surface area contributed by atoms with Crippen molar-refractivity contribution in [2.75, 3.05) is 33.7 Å². The normalized spacial score (nSPS) is 27.5. The average Bonchev–Trinajstić information content (AvgIpc) is 2.86. The van der Waals surface area contributed by atoms with Crippen molar-refractivity contribution in [1.29, 1.82) is 0 Å². The van der Waals surface area contributed by atoms with Crippen molar-refractivity contribution < 1.29 is 9.59 Å². The Bertz CT molecular complexity index is 587. The van der Waals surface area contributed by atoms with Crippen LogP contribution in [0.1, 0.15) is 30.7 Å². The second-order valence-electron chi connectivity index (χ2n) is 7.03. The molecule has 1 aromatic carbocycles. The molecule has 0 aliphatic carbocycles. The summed E-state index contributed by atoms with van der Waals surface area (Å²) in [5.74, 6) is 0.408. The summed E-state index contributed by atoms with van der Waals surface area (Å²) in [4.78, 5) is 28.4. The molecule has 2 heterocycles. The Labute approximate surface area is 137 Å². The van der Waals surface area contributed by atoms with Crippen molar-refractivity contribution in [2.24, 2.45) is 0 Å². The molecule has 3 rings (SSSR count). The van der Waals surface area contributed by atoms with Gasteiger partial charge in [0.2, 0.25) is 11.8 Å². The van der Waals surface area contributed by atoms with Crippen LogP contribution in [0.25, 0.3) is 0 Å². The Hall–Kier alpha value is -1.88. The summed E-state index contributed by atoms with van der Waals surface area (Å²) in [6, 6.07) is 10.3. The van der Waals surface area contributed by atoms with Crippen LogP contribution in [0.3, 0.4) is 0 Å². The van der Waals surface area contributed by atoms with Crippen molar-refractivity contribution in [3.8, 4) is 0 Å². The highest BCUT2D eigenvalue weighted by Crippen LogP contribution is 2.41. The number of nitrogens with one attached hydrogen (secondary N) is 1. The zero-order valence-corrected chi connectivity index (χ0v) is 13.9. The molecule has 0 aromatic heterocycles. The Kier molecular flexibility index (Phi) is 4.39. The number of carbonyl (C=O) groups is 2. The van der Waals surface area contributed by atoms with Crippen LogP contribution in [0.15, 0.2) is 30.3 Å². The van der Waals surface area contributed by atoms with E-state index in [1.807, 2.05) is 42.1 Å². The second kappa shape index (κ2) is 6.32. The number of benzene rings is 1. The number of hydrogen-bond acceptors (Lipinski definition) is 3. The Morgan fingerprint density at radius 1 is 1.35 bits per heavy atom. The van der Waals surface area contributed by atoms with Gasteiger partial charge in [-0.05, 0) is 32.5 Å². The van der Waals surface area contributed by atoms with Gasteiger partial charge in [-0.2, -0.15) is 0 Å². The van der Waals surface area contributed by atoms with Crippen LogP contribution in [0.4, 0.5) is 0 Å². The predicted octanol–water partition coefficient (Wildman–Crippen LogP) is 1.21. The number of carbonyl (C=O) groups excluding carboxylic acids is 2.